The fraction of sp³-hybridized carbons (Fsp3) is 0.240. The Bertz CT molecular complexity index is 1470. The Morgan fingerprint density at radius 1 is 1.08 bits per heavy atom. The minimum Gasteiger partial charge on any atom is -0.456 e. The van der Waals surface area contributed by atoms with E-state index in [1.54, 1.807) is 12.1 Å². The van der Waals surface area contributed by atoms with Gasteiger partial charge in [0.1, 0.15) is 17.6 Å². The van der Waals surface area contributed by atoms with Crippen LogP contribution in [0.2, 0.25) is 5.02 Å². The van der Waals surface area contributed by atoms with E-state index in [-0.39, 0.29) is 22.0 Å². The molecule has 0 saturated carbocycles. The van der Waals surface area contributed by atoms with E-state index in [4.69, 9.17) is 26.2 Å². The molecule has 1 fully saturated rings. The molecule has 1 aliphatic heterocycles. The van der Waals surface area contributed by atoms with Crippen molar-refractivity contribution in [2.75, 3.05) is 26.3 Å². The number of nitrogens with zero attached hydrogens (tertiary/aromatic N) is 2. The van der Waals surface area contributed by atoms with Crippen LogP contribution in [0.4, 0.5) is 13.2 Å². The largest absolute Gasteiger partial charge is 0.456 e. The molecule has 0 atom stereocenters. The van der Waals surface area contributed by atoms with Crippen molar-refractivity contribution >= 4 is 21.6 Å². The van der Waals surface area contributed by atoms with Crippen molar-refractivity contribution in [3.63, 3.8) is 0 Å². The van der Waals surface area contributed by atoms with Gasteiger partial charge in [-0.1, -0.05) is 23.7 Å². The number of benzene rings is 3. The summed E-state index contributed by atoms with van der Waals surface area (Å²) in [5, 5.41) is 14.7. The maximum Gasteiger partial charge on any atom is 0.417 e. The lowest BCUT2D eigenvalue weighted by Gasteiger charge is -2.26. The molecular weight excluding hydrogens is 531 g/mol. The normalized spacial score (nSPS) is 14.8. The van der Waals surface area contributed by atoms with E-state index in [0.29, 0.717) is 30.9 Å². The van der Waals surface area contributed by atoms with E-state index >= 15 is 0 Å². The molecule has 0 aromatic heterocycles. The molecule has 3 aromatic carbocycles. The number of halogens is 4. The summed E-state index contributed by atoms with van der Waals surface area (Å²) in [5.41, 5.74) is 0.423. The zero-order valence-corrected chi connectivity index (χ0v) is 20.8. The van der Waals surface area contributed by atoms with Gasteiger partial charge in [0.25, 0.3) is 0 Å². The molecule has 0 radical (unpaired) electrons. The lowest BCUT2D eigenvalue weighted by molar-refractivity contribution is -0.137. The summed E-state index contributed by atoms with van der Waals surface area (Å²) in [6.07, 6.45) is -4.69. The molecule has 194 valence electrons. The molecule has 1 saturated heterocycles. The topological polar surface area (TPSA) is 106 Å². The predicted octanol–water partition coefficient (Wildman–Crippen LogP) is 5.17. The molecule has 3 aromatic rings. The molecule has 2 N–H and O–H groups in total. The number of primary sulfonamides is 1. The molecule has 0 unspecified atom stereocenters. The van der Waals surface area contributed by atoms with E-state index in [1.807, 2.05) is 6.07 Å². The van der Waals surface area contributed by atoms with Gasteiger partial charge in [0.2, 0.25) is 10.0 Å². The first-order chi connectivity index (χ1) is 17.5. The zero-order valence-electron chi connectivity index (χ0n) is 19.3. The standard InChI is InChI=1S/C25H21ClF3N3O4S/c26-22-4-3-19(13-21(22)25(27,28)29)36-23-5-2-17(12-18(23)14-30)20-11-16(1-6-24(20)37(31,33)34)15-32-7-9-35-10-8-32/h1-6,11-13H,7-10,15H2,(H2,31,33,34). The summed E-state index contributed by atoms with van der Waals surface area (Å²) < 4.78 is 75.1. The van der Waals surface area contributed by atoms with Gasteiger partial charge in [0.05, 0.1) is 34.3 Å². The number of morpholine rings is 1. The monoisotopic (exact) mass is 551 g/mol. The van der Waals surface area contributed by atoms with E-state index < -0.39 is 26.8 Å². The highest BCUT2D eigenvalue weighted by molar-refractivity contribution is 7.89. The number of hydrogen-bond acceptors (Lipinski definition) is 6. The van der Waals surface area contributed by atoms with E-state index in [2.05, 4.69) is 4.90 Å². The number of nitrogens with two attached hydrogens (primary N) is 1. The maximum atomic E-state index is 13.2. The summed E-state index contributed by atoms with van der Waals surface area (Å²) in [4.78, 5) is 2.04. The Morgan fingerprint density at radius 3 is 2.46 bits per heavy atom. The third-order valence-corrected chi connectivity index (χ3v) is 7.04. The molecule has 1 heterocycles. The number of nitriles is 1. The second-order valence-corrected chi connectivity index (χ2v) is 10.3. The van der Waals surface area contributed by atoms with Crippen molar-refractivity contribution in [2.45, 2.75) is 17.6 Å². The van der Waals surface area contributed by atoms with Crippen LogP contribution in [0.3, 0.4) is 0 Å². The molecule has 7 nitrogen and oxygen atoms in total. The highest BCUT2D eigenvalue weighted by Crippen LogP contribution is 2.39. The Labute approximate surface area is 216 Å². The third kappa shape index (κ3) is 6.41. The van der Waals surface area contributed by atoms with E-state index in [9.17, 15) is 26.9 Å². The van der Waals surface area contributed by atoms with Gasteiger partial charge in [-0.05, 0) is 53.6 Å². The molecule has 37 heavy (non-hydrogen) atoms. The highest BCUT2D eigenvalue weighted by Gasteiger charge is 2.33. The Morgan fingerprint density at radius 2 is 1.81 bits per heavy atom. The van der Waals surface area contributed by atoms with Crippen LogP contribution in [0, 0.1) is 11.3 Å². The summed E-state index contributed by atoms with van der Waals surface area (Å²) in [6, 6.07) is 14.1. The Kier molecular flexibility index (Phi) is 7.77. The van der Waals surface area contributed by atoms with Crippen LogP contribution in [0.15, 0.2) is 59.5 Å². The fourth-order valence-corrected chi connectivity index (χ4v) is 4.92. The summed E-state index contributed by atoms with van der Waals surface area (Å²) in [7, 11) is -4.10. The summed E-state index contributed by atoms with van der Waals surface area (Å²) in [6.45, 7) is 3.24. The average Bonchev–Trinajstić information content (AvgIpc) is 2.84. The first-order valence-corrected chi connectivity index (χ1v) is 12.9. The number of alkyl halides is 3. The van der Waals surface area contributed by atoms with Crippen molar-refractivity contribution in [3.8, 4) is 28.7 Å². The van der Waals surface area contributed by atoms with Crippen molar-refractivity contribution < 1.29 is 31.1 Å². The van der Waals surface area contributed by atoms with Crippen LogP contribution in [0.1, 0.15) is 16.7 Å². The van der Waals surface area contributed by atoms with Crippen LogP contribution < -0.4 is 9.88 Å². The first kappa shape index (κ1) is 26.9. The van der Waals surface area contributed by atoms with Gasteiger partial charge < -0.3 is 9.47 Å². The lowest BCUT2D eigenvalue weighted by atomic mass is 10.00. The summed E-state index contributed by atoms with van der Waals surface area (Å²) in [5.74, 6) is -0.179. The van der Waals surface area contributed by atoms with Crippen molar-refractivity contribution in [1.82, 2.24) is 4.90 Å². The number of ether oxygens (including phenoxy) is 2. The molecule has 0 aliphatic carbocycles. The van der Waals surface area contributed by atoms with Crippen molar-refractivity contribution in [3.05, 3.63) is 76.3 Å². The molecule has 12 heteroatoms. The number of hydrogen-bond donors (Lipinski definition) is 1. The zero-order chi connectivity index (χ0) is 26.8. The third-order valence-electron chi connectivity index (χ3n) is 5.74. The quantitative estimate of drug-likeness (QED) is 0.453. The van der Waals surface area contributed by atoms with E-state index in [1.165, 1.54) is 30.3 Å². The van der Waals surface area contributed by atoms with Crippen molar-refractivity contribution in [1.29, 1.82) is 5.26 Å². The van der Waals surface area contributed by atoms with Gasteiger partial charge in [-0.2, -0.15) is 18.4 Å². The van der Waals surface area contributed by atoms with Gasteiger partial charge in [-0.3, -0.25) is 4.90 Å². The average molecular weight is 552 g/mol. The van der Waals surface area contributed by atoms with Crippen molar-refractivity contribution in [2.24, 2.45) is 5.14 Å². The van der Waals surface area contributed by atoms with Gasteiger partial charge in [-0.25, -0.2) is 13.6 Å². The van der Waals surface area contributed by atoms with Crippen LogP contribution in [0.5, 0.6) is 11.5 Å². The van der Waals surface area contributed by atoms with Crippen LogP contribution >= 0.6 is 11.6 Å². The molecule has 4 rings (SSSR count). The van der Waals surface area contributed by atoms with Gasteiger partial charge >= 0.3 is 6.18 Å². The Balaban J connectivity index is 1.70. The smallest absolute Gasteiger partial charge is 0.417 e. The first-order valence-electron chi connectivity index (χ1n) is 11.0. The second kappa shape index (κ2) is 10.7. The summed E-state index contributed by atoms with van der Waals surface area (Å²) >= 11 is 5.66. The SMILES string of the molecule is N#Cc1cc(-c2cc(CN3CCOCC3)ccc2S(N)(=O)=O)ccc1Oc1ccc(Cl)c(C(F)(F)F)c1. The lowest BCUT2D eigenvalue weighted by Crippen LogP contribution is -2.35. The minimum atomic E-state index is -4.69. The molecule has 1 aliphatic rings. The van der Waals surface area contributed by atoms with Gasteiger partial charge in [-0.15, -0.1) is 0 Å². The van der Waals surface area contributed by atoms with Crippen LogP contribution in [-0.2, 0) is 27.5 Å². The number of sulfonamides is 1. The minimum absolute atomic E-state index is 0.0108. The Hall–Kier alpha value is -3.14. The number of rotatable bonds is 6. The molecule has 0 bridgehead atoms. The predicted molar refractivity (Wildman–Crippen MR) is 131 cm³/mol. The fourth-order valence-electron chi connectivity index (χ4n) is 3.95. The molecule has 0 amide bonds. The highest BCUT2D eigenvalue weighted by atomic mass is 35.5. The maximum absolute atomic E-state index is 13.2. The van der Waals surface area contributed by atoms with E-state index in [0.717, 1.165) is 30.8 Å². The second-order valence-electron chi connectivity index (χ2n) is 8.33. The van der Waals surface area contributed by atoms with Gasteiger partial charge in [0.15, 0.2) is 0 Å². The molecule has 0 spiro atoms. The van der Waals surface area contributed by atoms with Gasteiger partial charge in [0, 0.05) is 25.2 Å². The molecular formula is C25H21ClF3N3O4S. The van der Waals surface area contributed by atoms with Crippen LogP contribution in [0.25, 0.3) is 11.1 Å². The van der Waals surface area contributed by atoms with Crippen LogP contribution in [-0.4, -0.2) is 39.6 Å².